The predicted molar refractivity (Wildman–Crippen MR) is 94.8 cm³/mol. The van der Waals surface area contributed by atoms with E-state index in [4.69, 9.17) is 4.74 Å². The monoisotopic (exact) mass is 319 g/mol. The van der Waals surface area contributed by atoms with Crippen LogP contribution in [0.4, 0.5) is 17.2 Å². The molecule has 0 aliphatic rings. The second-order valence-electron chi connectivity index (χ2n) is 5.15. The van der Waals surface area contributed by atoms with E-state index in [1.807, 2.05) is 54.6 Å². The molecule has 3 rings (SSSR count). The maximum Gasteiger partial charge on any atom is 0.221 e. The number of para-hydroxylation sites is 3. The van der Waals surface area contributed by atoms with Crippen molar-refractivity contribution in [2.75, 3.05) is 10.6 Å². The first-order chi connectivity index (χ1) is 11.7. The Hall–Kier alpha value is -3.34. The van der Waals surface area contributed by atoms with Gasteiger partial charge in [-0.15, -0.1) is 0 Å². The molecule has 120 valence electrons. The number of carbonyl (C=O) groups is 1. The van der Waals surface area contributed by atoms with Crippen molar-refractivity contribution < 1.29 is 9.53 Å². The lowest BCUT2D eigenvalue weighted by Gasteiger charge is -2.12. The van der Waals surface area contributed by atoms with Crippen molar-refractivity contribution in [1.29, 1.82) is 0 Å². The second-order valence-corrected chi connectivity index (χ2v) is 5.15. The molecule has 24 heavy (non-hydrogen) atoms. The Bertz CT molecular complexity index is 818. The number of benzene rings is 2. The van der Waals surface area contributed by atoms with E-state index in [0.717, 1.165) is 11.4 Å². The van der Waals surface area contributed by atoms with Crippen molar-refractivity contribution in [3.63, 3.8) is 0 Å². The highest BCUT2D eigenvalue weighted by atomic mass is 16.5. The van der Waals surface area contributed by atoms with Crippen LogP contribution in [0.15, 0.2) is 72.9 Å². The van der Waals surface area contributed by atoms with E-state index in [0.29, 0.717) is 17.3 Å². The summed E-state index contributed by atoms with van der Waals surface area (Å²) in [5, 5.41) is 5.91. The number of ether oxygens (including phenoxy) is 1. The van der Waals surface area contributed by atoms with Gasteiger partial charge >= 0.3 is 0 Å². The van der Waals surface area contributed by atoms with Crippen LogP contribution in [0.2, 0.25) is 0 Å². The minimum atomic E-state index is -0.126. The third-order valence-corrected chi connectivity index (χ3v) is 3.20. The summed E-state index contributed by atoms with van der Waals surface area (Å²) >= 11 is 0. The number of nitrogens with one attached hydrogen (secondary N) is 2. The molecule has 5 heteroatoms. The van der Waals surface area contributed by atoms with Crippen LogP contribution in [0.25, 0.3) is 0 Å². The molecule has 1 aromatic heterocycles. The molecule has 5 nitrogen and oxygen atoms in total. The highest BCUT2D eigenvalue weighted by Crippen LogP contribution is 2.31. The van der Waals surface area contributed by atoms with E-state index in [-0.39, 0.29) is 5.91 Å². The first-order valence-electron chi connectivity index (χ1n) is 7.53. The number of hydrogen-bond acceptors (Lipinski definition) is 4. The van der Waals surface area contributed by atoms with Gasteiger partial charge in [-0.05, 0) is 36.4 Å². The average molecular weight is 319 g/mol. The zero-order chi connectivity index (χ0) is 16.8. The van der Waals surface area contributed by atoms with E-state index in [1.165, 1.54) is 6.92 Å². The van der Waals surface area contributed by atoms with Crippen LogP contribution in [0.1, 0.15) is 6.92 Å². The van der Waals surface area contributed by atoms with Crippen LogP contribution in [-0.2, 0) is 4.79 Å². The van der Waals surface area contributed by atoms with Crippen LogP contribution in [0, 0.1) is 0 Å². The maximum absolute atomic E-state index is 11.0. The molecule has 3 aromatic rings. The number of pyridine rings is 1. The number of hydrogen-bond donors (Lipinski definition) is 2. The SMILES string of the molecule is CC(=O)Nc1ccc(Nc2ccccc2Oc2ccccc2)nc1. The summed E-state index contributed by atoms with van der Waals surface area (Å²) in [5.41, 5.74) is 1.46. The normalized spacial score (nSPS) is 10.0. The molecule has 2 N–H and O–H groups in total. The molecule has 2 aromatic carbocycles. The van der Waals surface area contributed by atoms with Gasteiger partial charge in [-0.1, -0.05) is 30.3 Å². The van der Waals surface area contributed by atoms with E-state index < -0.39 is 0 Å². The van der Waals surface area contributed by atoms with Gasteiger partial charge < -0.3 is 15.4 Å². The number of nitrogens with zero attached hydrogens (tertiary/aromatic N) is 1. The Labute approximate surface area is 140 Å². The smallest absolute Gasteiger partial charge is 0.221 e. The lowest BCUT2D eigenvalue weighted by atomic mass is 10.2. The summed E-state index contributed by atoms with van der Waals surface area (Å²) in [6.07, 6.45) is 1.60. The van der Waals surface area contributed by atoms with Gasteiger partial charge in [-0.2, -0.15) is 0 Å². The zero-order valence-electron chi connectivity index (χ0n) is 13.2. The van der Waals surface area contributed by atoms with E-state index in [1.54, 1.807) is 18.3 Å². The Balaban J connectivity index is 1.76. The van der Waals surface area contributed by atoms with Gasteiger partial charge in [-0.25, -0.2) is 4.98 Å². The average Bonchev–Trinajstić information content (AvgIpc) is 2.59. The summed E-state index contributed by atoms with van der Waals surface area (Å²) in [6, 6.07) is 20.8. The molecular formula is C19H17N3O2. The van der Waals surface area contributed by atoms with Crippen LogP contribution in [-0.4, -0.2) is 10.9 Å². The fourth-order valence-corrected chi connectivity index (χ4v) is 2.16. The van der Waals surface area contributed by atoms with Gasteiger partial charge in [-0.3, -0.25) is 4.79 Å². The van der Waals surface area contributed by atoms with Gasteiger partial charge in [0.05, 0.1) is 17.6 Å². The Morgan fingerprint density at radius 3 is 2.42 bits per heavy atom. The van der Waals surface area contributed by atoms with Gasteiger partial charge in [0, 0.05) is 6.92 Å². The molecule has 0 atom stereocenters. The van der Waals surface area contributed by atoms with Gasteiger partial charge in [0.15, 0.2) is 5.75 Å². The van der Waals surface area contributed by atoms with Gasteiger partial charge in [0.25, 0.3) is 0 Å². The minimum Gasteiger partial charge on any atom is -0.455 e. The molecule has 0 aliphatic heterocycles. The molecular weight excluding hydrogens is 302 g/mol. The molecule has 0 saturated heterocycles. The zero-order valence-corrected chi connectivity index (χ0v) is 13.2. The number of anilines is 3. The van der Waals surface area contributed by atoms with Crippen LogP contribution < -0.4 is 15.4 Å². The predicted octanol–water partition coefficient (Wildman–Crippen LogP) is 4.58. The molecule has 0 spiro atoms. The standard InChI is InChI=1S/C19H17N3O2/c1-14(23)21-15-11-12-19(20-13-15)22-17-9-5-6-10-18(17)24-16-7-3-2-4-8-16/h2-13H,1H3,(H,20,22)(H,21,23). The molecule has 0 bridgehead atoms. The summed E-state index contributed by atoms with van der Waals surface area (Å²) in [4.78, 5) is 15.3. The van der Waals surface area contributed by atoms with Crippen molar-refractivity contribution >= 4 is 23.1 Å². The molecule has 1 amide bonds. The molecule has 0 radical (unpaired) electrons. The van der Waals surface area contributed by atoms with E-state index in [9.17, 15) is 4.79 Å². The van der Waals surface area contributed by atoms with Crippen LogP contribution in [0.3, 0.4) is 0 Å². The van der Waals surface area contributed by atoms with Crippen LogP contribution in [0.5, 0.6) is 11.5 Å². The first kappa shape index (κ1) is 15.6. The largest absolute Gasteiger partial charge is 0.455 e. The molecule has 0 aliphatic carbocycles. The quantitative estimate of drug-likeness (QED) is 0.723. The van der Waals surface area contributed by atoms with E-state index in [2.05, 4.69) is 15.6 Å². The maximum atomic E-state index is 11.0. The highest BCUT2D eigenvalue weighted by Gasteiger charge is 2.05. The fourth-order valence-electron chi connectivity index (χ4n) is 2.16. The Morgan fingerprint density at radius 2 is 1.71 bits per heavy atom. The van der Waals surface area contributed by atoms with Gasteiger partial charge in [0.2, 0.25) is 5.91 Å². The topological polar surface area (TPSA) is 63.2 Å². The molecule has 0 unspecified atom stereocenters. The Kier molecular flexibility index (Phi) is 4.72. The Morgan fingerprint density at radius 1 is 0.958 bits per heavy atom. The number of rotatable bonds is 5. The minimum absolute atomic E-state index is 0.126. The third kappa shape index (κ3) is 4.10. The van der Waals surface area contributed by atoms with Crippen molar-refractivity contribution in [3.05, 3.63) is 72.9 Å². The summed E-state index contributed by atoms with van der Waals surface area (Å²) in [7, 11) is 0. The first-order valence-corrected chi connectivity index (χ1v) is 7.53. The number of aromatic nitrogens is 1. The van der Waals surface area contributed by atoms with Crippen molar-refractivity contribution in [1.82, 2.24) is 4.98 Å². The molecule has 0 fully saturated rings. The second kappa shape index (κ2) is 7.28. The van der Waals surface area contributed by atoms with Crippen LogP contribution >= 0.6 is 0 Å². The summed E-state index contributed by atoms with van der Waals surface area (Å²) in [6.45, 7) is 1.46. The number of amides is 1. The lowest BCUT2D eigenvalue weighted by Crippen LogP contribution is -2.06. The summed E-state index contributed by atoms with van der Waals surface area (Å²) < 4.78 is 5.91. The van der Waals surface area contributed by atoms with E-state index >= 15 is 0 Å². The van der Waals surface area contributed by atoms with Crippen molar-refractivity contribution in [2.24, 2.45) is 0 Å². The van der Waals surface area contributed by atoms with Crippen molar-refractivity contribution in [3.8, 4) is 11.5 Å². The lowest BCUT2D eigenvalue weighted by molar-refractivity contribution is -0.114. The summed E-state index contributed by atoms with van der Waals surface area (Å²) in [5.74, 6) is 2.00. The van der Waals surface area contributed by atoms with Crippen molar-refractivity contribution in [2.45, 2.75) is 6.92 Å². The molecule has 0 saturated carbocycles. The highest BCUT2D eigenvalue weighted by molar-refractivity contribution is 5.88. The third-order valence-electron chi connectivity index (χ3n) is 3.20. The van der Waals surface area contributed by atoms with Gasteiger partial charge in [0.1, 0.15) is 11.6 Å². The fraction of sp³-hybridized carbons (Fsp3) is 0.0526. The number of carbonyl (C=O) groups excluding carboxylic acids is 1. The molecule has 1 heterocycles.